The van der Waals surface area contributed by atoms with Crippen LogP contribution in [0.2, 0.25) is 63.0 Å². The van der Waals surface area contributed by atoms with Crippen molar-refractivity contribution < 1.29 is 20.6 Å². The summed E-state index contributed by atoms with van der Waals surface area (Å²) < 4.78 is 34.1. The summed E-state index contributed by atoms with van der Waals surface area (Å²) in [6.45, 7) is 30.2. The Morgan fingerprint density at radius 3 is 0.633 bits per heavy atom. The summed E-state index contributed by atoms with van der Waals surface area (Å²) in [5, 5.41) is 0. The van der Waals surface area contributed by atoms with E-state index in [1.54, 1.807) is 0 Å². The third-order valence-corrected chi connectivity index (χ3v) is 27.2. The zero-order valence-corrected chi connectivity index (χ0v) is 24.5. The predicted molar refractivity (Wildman–Crippen MR) is 139 cm³/mol. The Kier molecular flexibility index (Phi) is 10.1. The highest BCUT2D eigenvalue weighted by atomic mass is 28.5. The molecule has 30 heavy (non-hydrogen) atoms. The van der Waals surface area contributed by atoms with E-state index in [0.717, 1.165) is 0 Å². The van der Waals surface area contributed by atoms with Gasteiger partial charge in [0, 0.05) is 30.2 Å². The van der Waals surface area contributed by atoms with Crippen LogP contribution >= 0.6 is 0 Å². The summed E-state index contributed by atoms with van der Waals surface area (Å²) in [4.78, 5) is 0. The fourth-order valence-corrected chi connectivity index (χ4v) is 31.0. The smallest absolute Gasteiger partial charge is 0.321 e. The first-order valence-corrected chi connectivity index (χ1v) is 23.0. The van der Waals surface area contributed by atoms with Gasteiger partial charge in [0.05, 0.1) is 0 Å². The second-order valence-corrected chi connectivity index (χ2v) is 26.1. The van der Waals surface area contributed by atoms with Crippen molar-refractivity contribution >= 4 is 42.8 Å². The van der Waals surface area contributed by atoms with E-state index < -0.39 is 42.8 Å². The lowest BCUT2D eigenvalue weighted by Crippen LogP contribution is -2.66. The van der Waals surface area contributed by atoms with Gasteiger partial charge in [0.15, 0.2) is 0 Å². The molecule has 0 saturated carbocycles. The number of rotatable bonds is 10. The Labute approximate surface area is 189 Å². The maximum atomic E-state index is 6.82. The third-order valence-electron chi connectivity index (χ3n) is 4.73. The highest BCUT2D eigenvalue weighted by Crippen LogP contribution is 2.37. The molecule has 0 unspecified atom stereocenters. The molecule has 0 aromatic rings. The van der Waals surface area contributed by atoms with Crippen LogP contribution in [0.25, 0.3) is 0 Å². The minimum atomic E-state index is -2.69. The van der Waals surface area contributed by atoms with Crippen LogP contribution in [0.15, 0.2) is 63.3 Å². The van der Waals surface area contributed by atoms with Crippen molar-refractivity contribution in [1.29, 1.82) is 0 Å². The van der Waals surface area contributed by atoms with Gasteiger partial charge in [-0.3, -0.25) is 0 Å². The minimum Gasteiger partial charge on any atom is -0.415 e. The van der Waals surface area contributed by atoms with E-state index in [9.17, 15) is 0 Å². The van der Waals surface area contributed by atoms with E-state index in [-0.39, 0.29) is 0 Å². The van der Waals surface area contributed by atoms with Gasteiger partial charge in [0.25, 0.3) is 0 Å². The van der Waals surface area contributed by atoms with Crippen molar-refractivity contribution in [3.05, 3.63) is 63.3 Å². The summed E-state index contributed by atoms with van der Waals surface area (Å²) in [6, 6.07) is 3.26. The van der Waals surface area contributed by atoms with Crippen LogP contribution in [0.1, 0.15) is 0 Å². The van der Waals surface area contributed by atoms with Crippen LogP contribution in [-0.4, -0.2) is 42.8 Å². The average Bonchev–Trinajstić information content (AvgIpc) is 2.52. The van der Waals surface area contributed by atoms with E-state index in [1.165, 1.54) is 0 Å². The van der Waals surface area contributed by atoms with Gasteiger partial charge in [-0.2, -0.15) is 0 Å². The Hall–Kier alpha value is -0.416. The quantitative estimate of drug-likeness (QED) is 0.257. The monoisotopic (exact) mass is 500 g/mol. The molecule has 1 aliphatic rings. The van der Waals surface area contributed by atoms with Crippen molar-refractivity contribution in [2.24, 2.45) is 0 Å². The first-order valence-electron chi connectivity index (χ1n) is 10.4. The molecule has 1 aliphatic heterocycles. The molecule has 0 N–H and O–H groups in total. The maximum Gasteiger partial charge on any atom is 0.321 e. The molecule has 0 bridgehead atoms. The first-order chi connectivity index (χ1) is 13.8. The summed E-state index contributed by atoms with van der Waals surface area (Å²) in [6.07, 6.45) is 9.38. The summed E-state index contributed by atoms with van der Waals surface area (Å²) >= 11 is 0. The molecule has 1 saturated heterocycles. The van der Waals surface area contributed by atoms with E-state index in [1.807, 2.05) is 30.4 Å². The number of hydrogen-bond acceptors (Lipinski definition) is 5. The van der Waals surface area contributed by atoms with E-state index >= 15 is 0 Å². The molecule has 0 aliphatic carbocycles. The molecular formula is C20H40O5Si5. The number of hydrogen-bond donors (Lipinski definition) is 0. The molecule has 0 radical (unpaired) electrons. The molecule has 0 aromatic heterocycles. The average molecular weight is 501 g/mol. The van der Waals surface area contributed by atoms with E-state index in [2.05, 4.69) is 65.6 Å². The molecular weight excluding hydrogens is 461 g/mol. The van der Waals surface area contributed by atoms with Gasteiger partial charge < -0.3 is 20.6 Å². The van der Waals surface area contributed by atoms with Crippen molar-refractivity contribution in [2.45, 2.75) is 63.0 Å². The van der Waals surface area contributed by atoms with E-state index in [0.29, 0.717) is 30.2 Å². The lowest BCUT2D eigenvalue weighted by atomic mass is 10.8. The second kappa shape index (κ2) is 10.9. The molecule has 5 nitrogen and oxygen atoms in total. The molecule has 0 atom stereocenters. The van der Waals surface area contributed by atoms with Gasteiger partial charge in [-0.1, -0.05) is 30.4 Å². The highest BCUT2D eigenvalue weighted by Gasteiger charge is 2.56. The summed E-state index contributed by atoms with van der Waals surface area (Å²) in [5.41, 5.74) is 0. The highest BCUT2D eigenvalue weighted by molar-refractivity contribution is 6.94. The van der Waals surface area contributed by atoms with Gasteiger partial charge in [-0.25, -0.2) is 0 Å². The van der Waals surface area contributed by atoms with E-state index in [4.69, 9.17) is 20.6 Å². The normalized spacial score (nSPS) is 40.2. The zero-order valence-electron chi connectivity index (χ0n) is 19.5. The molecule has 1 fully saturated rings. The predicted octanol–water partition coefficient (Wildman–Crippen LogP) is 6.37. The SMILES string of the molecule is C=CC[Si]1(C)O[Si](C)(CC=C)O[Si](C)(CC=C)O[Si](C)(CC=C)O[Si](C)(CC=C)O1. The third kappa shape index (κ3) is 7.93. The van der Waals surface area contributed by atoms with Crippen LogP contribution in [0.5, 0.6) is 0 Å². The fraction of sp³-hybridized carbons (Fsp3) is 0.500. The standard InChI is InChI=1S/C20H40O5Si5/c1-11-16-26(6)21-27(7,17-12-2)23-29(9,19-14-4)25-30(10,20-15-5)24-28(8,22-26)18-13-3/h11-15H,1-5,16-20H2,6-10H3. The fourth-order valence-electron chi connectivity index (χ4n) is 4.12. The van der Waals surface area contributed by atoms with Crippen molar-refractivity contribution in [2.75, 3.05) is 0 Å². The lowest BCUT2D eigenvalue weighted by molar-refractivity contribution is 0.230. The maximum absolute atomic E-state index is 6.82. The minimum absolute atomic E-state index is 0.652. The van der Waals surface area contributed by atoms with Crippen LogP contribution in [0.3, 0.4) is 0 Å². The van der Waals surface area contributed by atoms with Gasteiger partial charge in [-0.05, 0) is 32.7 Å². The molecule has 0 amide bonds. The lowest BCUT2D eigenvalue weighted by Gasteiger charge is -2.49. The van der Waals surface area contributed by atoms with Gasteiger partial charge in [-0.15, -0.1) is 32.9 Å². The van der Waals surface area contributed by atoms with Crippen LogP contribution < -0.4 is 0 Å². The first kappa shape index (κ1) is 27.6. The Bertz CT molecular complexity index is 516. The van der Waals surface area contributed by atoms with Gasteiger partial charge >= 0.3 is 42.8 Å². The number of allylic oxidation sites excluding steroid dienone is 5. The van der Waals surface area contributed by atoms with Gasteiger partial charge in [0.2, 0.25) is 0 Å². The topological polar surface area (TPSA) is 46.2 Å². The molecule has 10 heteroatoms. The van der Waals surface area contributed by atoms with Crippen LogP contribution in [-0.2, 0) is 20.6 Å². The van der Waals surface area contributed by atoms with Crippen LogP contribution in [0.4, 0.5) is 0 Å². The Morgan fingerprint density at radius 2 is 0.533 bits per heavy atom. The molecule has 1 heterocycles. The van der Waals surface area contributed by atoms with Crippen molar-refractivity contribution in [3.63, 3.8) is 0 Å². The molecule has 0 spiro atoms. The van der Waals surface area contributed by atoms with Crippen molar-refractivity contribution in [3.8, 4) is 0 Å². The molecule has 170 valence electrons. The zero-order chi connectivity index (χ0) is 23.1. The van der Waals surface area contributed by atoms with Gasteiger partial charge in [0.1, 0.15) is 0 Å². The summed E-state index contributed by atoms with van der Waals surface area (Å²) in [5.74, 6) is 0. The molecule has 0 aromatic carbocycles. The molecule has 1 rings (SSSR count). The largest absolute Gasteiger partial charge is 0.415 e. The van der Waals surface area contributed by atoms with Crippen molar-refractivity contribution in [1.82, 2.24) is 0 Å². The second-order valence-electron chi connectivity index (χ2n) is 8.64. The Balaban J connectivity index is 3.66. The summed E-state index contributed by atoms with van der Waals surface area (Å²) in [7, 11) is -13.5. The van der Waals surface area contributed by atoms with Crippen LogP contribution in [0, 0.1) is 0 Å². The Morgan fingerprint density at radius 1 is 0.400 bits per heavy atom.